The quantitative estimate of drug-likeness (QED) is 0.843. The molecule has 2 atom stereocenters. The van der Waals surface area contributed by atoms with Gasteiger partial charge in [-0.05, 0) is 53.4 Å². The van der Waals surface area contributed by atoms with Gasteiger partial charge in [0.15, 0.2) is 0 Å². The number of carbonyl (C=O) groups excluding carboxylic acids is 1. The third-order valence-corrected chi connectivity index (χ3v) is 3.46. The van der Waals surface area contributed by atoms with Crippen LogP contribution in [0.2, 0.25) is 0 Å². The summed E-state index contributed by atoms with van der Waals surface area (Å²) in [5.41, 5.74) is 0.545. The molecule has 0 heterocycles. The van der Waals surface area contributed by atoms with Crippen LogP contribution in [0.15, 0.2) is 22.7 Å². The van der Waals surface area contributed by atoms with E-state index in [1.165, 1.54) is 0 Å². The summed E-state index contributed by atoms with van der Waals surface area (Å²) < 4.78 is 5.83. The lowest BCUT2D eigenvalue weighted by molar-refractivity contribution is 0.0938. The number of halogens is 1. The van der Waals surface area contributed by atoms with Crippen molar-refractivity contribution in [1.29, 1.82) is 0 Å². The second-order valence-electron chi connectivity index (χ2n) is 4.75. The molecule has 0 bridgehead atoms. The molecule has 1 amide bonds. The molecule has 0 spiro atoms. The lowest BCUT2D eigenvalue weighted by atomic mass is 10.0. The Balaban J connectivity index is 2.63. The number of rotatable bonds is 6. The Kier molecular flexibility index (Phi) is 6.31. The molecule has 2 unspecified atom stereocenters. The highest BCUT2D eigenvalue weighted by Gasteiger charge is 2.13. The Morgan fingerprint density at radius 1 is 1.47 bits per heavy atom. The van der Waals surface area contributed by atoms with Crippen molar-refractivity contribution in [1.82, 2.24) is 5.32 Å². The fourth-order valence-corrected chi connectivity index (χ4v) is 2.26. The van der Waals surface area contributed by atoms with Crippen LogP contribution >= 0.6 is 15.9 Å². The molecular formula is C14H20BrNO3. The average Bonchev–Trinajstić information content (AvgIpc) is 2.35. The van der Waals surface area contributed by atoms with Gasteiger partial charge < -0.3 is 15.2 Å². The van der Waals surface area contributed by atoms with Crippen LogP contribution in [0.5, 0.6) is 5.75 Å². The van der Waals surface area contributed by atoms with Crippen LogP contribution in [0.25, 0.3) is 0 Å². The van der Waals surface area contributed by atoms with Crippen LogP contribution in [0.1, 0.15) is 30.6 Å². The Hall–Kier alpha value is -1.07. The van der Waals surface area contributed by atoms with Crippen molar-refractivity contribution in [2.45, 2.75) is 26.4 Å². The molecule has 0 aliphatic carbocycles. The van der Waals surface area contributed by atoms with Gasteiger partial charge in [-0.1, -0.05) is 6.92 Å². The topological polar surface area (TPSA) is 58.6 Å². The molecule has 0 aliphatic rings. The summed E-state index contributed by atoms with van der Waals surface area (Å²) in [6, 6.07) is 5.27. The SMILES string of the molecule is COc1ccc(Br)c(C(=O)NCC(C)CC(C)O)c1. The van der Waals surface area contributed by atoms with Gasteiger partial charge in [0.2, 0.25) is 0 Å². The van der Waals surface area contributed by atoms with Crippen LogP contribution in [-0.2, 0) is 0 Å². The molecule has 4 nitrogen and oxygen atoms in total. The summed E-state index contributed by atoms with van der Waals surface area (Å²) in [7, 11) is 1.57. The smallest absolute Gasteiger partial charge is 0.252 e. The first-order valence-electron chi connectivity index (χ1n) is 6.23. The Morgan fingerprint density at radius 2 is 2.16 bits per heavy atom. The van der Waals surface area contributed by atoms with Gasteiger partial charge >= 0.3 is 0 Å². The van der Waals surface area contributed by atoms with E-state index in [2.05, 4.69) is 21.2 Å². The maximum absolute atomic E-state index is 12.1. The monoisotopic (exact) mass is 329 g/mol. The standard InChI is InChI=1S/C14H20BrNO3/c1-9(6-10(2)17)8-16-14(18)12-7-11(19-3)4-5-13(12)15/h4-5,7,9-10,17H,6,8H2,1-3H3,(H,16,18). The third kappa shape index (κ3) is 5.20. The maximum atomic E-state index is 12.1. The molecule has 5 heteroatoms. The minimum Gasteiger partial charge on any atom is -0.497 e. The number of aliphatic hydroxyl groups is 1. The van der Waals surface area contributed by atoms with Crippen molar-refractivity contribution in [3.8, 4) is 5.75 Å². The van der Waals surface area contributed by atoms with Gasteiger partial charge in [-0.15, -0.1) is 0 Å². The number of ether oxygens (including phenoxy) is 1. The first-order chi connectivity index (χ1) is 8.93. The highest BCUT2D eigenvalue weighted by atomic mass is 79.9. The number of methoxy groups -OCH3 is 1. The van der Waals surface area contributed by atoms with Crippen LogP contribution in [0.4, 0.5) is 0 Å². The van der Waals surface area contributed by atoms with Crippen molar-refractivity contribution in [2.75, 3.05) is 13.7 Å². The highest BCUT2D eigenvalue weighted by Crippen LogP contribution is 2.22. The first-order valence-corrected chi connectivity index (χ1v) is 7.03. The summed E-state index contributed by atoms with van der Waals surface area (Å²) in [6.45, 7) is 4.28. The lowest BCUT2D eigenvalue weighted by Crippen LogP contribution is -2.29. The molecule has 0 saturated heterocycles. The van der Waals surface area contributed by atoms with Crippen LogP contribution in [0, 0.1) is 5.92 Å². The Labute approximate surface area is 122 Å². The zero-order chi connectivity index (χ0) is 14.4. The van der Waals surface area contributed by atoms with E-state index in [9.17, 15) is 9.90 Å². The molecule has 0 fully saturated rings. The first kappa shape index (κ1) is 16.0. The van der Waals surface area contributed by atoms with Crippen molar-refractivity contribution in [3.63, 3.8) is 0 Å². The fraction of sp³-hybridized carbons (Fsp3) is 0.500. The van der Waals surface area contributed by atoms with Crippen molar-refractivity contribution < 1.29 is 14.6 Å². The minimum atomic E-state index is -0.351. The number of hydrogen-bond donors (Lipinski definition) is 2. The van der Waals surface area contributed by atoms with Gasteiger partial charge in [-0.25, -0.2) is 0 Å². The van der Waals surface area contributed by atoms with E-state index in [0.29, 0.717) is 24.3 Å². The van der Waals surface area contributed by atoms with E-state index in [1.807, 2.05) is 6.92 Å². The molecule has 19 heavy (non-hydrogen) atoms. The normalized spacial score (nSPS) is 13.7. The molecule has 2 N–H and O–H groups in total. The van der Waals surface area contributed by atoms with E-state index in [-0.39, 0.29) is 17.9 Å². The molecule has 0 saturated carbocycles. The highest BCUT2D eigenvalue weighted by molar-refractivity contribution is 9.10. The van der Waals surface area contributed by atoms with E-state index in [4.69, 9.17) is 4.74 Å². The van der Waals surface area contributed by atoms with E-state index in [0.717, 1.165) is 4.47 Å². The Morgan fingerprint density at radius 3 is 2.74 bits per heavy atom. The predicted octanol–water partition coefficient (Wildman–Crippen LogP) is 2.59. The van der Waals surface area contributed by atoms with Gasteiger partial charge in [-0.2, -0.15) is 0 Å². The van der Waals surface area contributed by atoms with E-state index >= 15 is 0 Å². The van der Waals surface area contributed by atoms with Crippen molar-refractivity contribution >= 4 is 21.8 Å². The molecule has 1 aromatic rings. The van der Waals surface area contributed by atoms with Crippen LogP contribution in [-0.4, -0.2) is 30.8 Å². The number of aliphatic hydroxyl groups excluding tert-OH is 1. The second kappa shape index (κ2) is 7.50. The molecule has 1 aromatic carbocycles. The summed E-state index contributed by atoms with van der Waals surface area (Å²) in [4.78, 5) is 12.1. The molecule has 106 valence electrons. The average molecular weight is 330 g/mol. The number of carbonyl (C=O) groups is 1. The fourth-order valence-electron chi connectivity index (χ4n) is 1.83. The summed E-state index contributed by atoms with van der Waals surface area (Å²) in [5.74, 6) is 0.724. The number of hydrogen-bond acceptors (Lipinski definition) is 3. The van der Waals surface area contributed by atoms with Gasteiger partial charge in [0, 0.05) is 11.0 Å². The van der Waals surface area contributed by atoms with E-state index in [1.54, 1.807) is 32.2 Å². The van der Waals surface area contributed by atoms with Gasteiger partial charge in [0.1, 0.15) is 5.75 Å². The van der Waals surface area contributed by atoms with Crippen LogP contribution < -0.4 is 10.1 Å². The predicted molar refractivity (Wildman–Crippen MR) is 78.5 cm³/mol. The largest absolute Gasteiger partial charge is 0.497 e. The minimum absolute atomic E-state index is 0.150. The van der Waals surface area contributed by atoms with E-state index < -0.39 is 0 Å². The van der Waals surface area contributed by atoms with Crippen molar-refractivity contribution in [3.05, 3.63) is 28.2 Å². The number of nitrogens with one attached hydrogen (secondary N) is 1. The van der Waals surface area contributed by atoms with Crippen molar-refractivity contribution in [2.24, 2.45) is 5.92 Å². The maximum Gasteiger partial charge on any atom is 0.252 e. The molecular weight excluding hydrogens is 310 g/mol. The van der Waals surface area contributed by atoms with Gasteiger partial charge in [0.05, 0.1) is 18.8 Å². The molecule has 0 radical (unpaired) electrons. The second-order valence-corrected chi connectivity index (χ2v) is 5.60. The summed E-state index contributed by atoms with van der Waals surface area (Å²) in [6.07, 6.45) is 0.315. The van der Waals surface area contributed by atoms with Crippen LogP contribution in [0.3, 0.4) is 0 Å². The molecule has 1 rings (SSSR count). The lowest BCUT2D eigenvalue weighted by Gasteiger charge is -2.15. The number of amides is 1. The zero-order valence-corrected chi connectivity index (χ0v) is 13.0. The van der Waals surface area contributed by atoms with Gasteiger partial charge in [0.25, 0.3) is 5.91 Å². The molecule has 0 aliphatic heterocycles. The summed E-state index contributed by atoms with van der Waals surface area (Å²) >= 11 is 3.35. The molecule has 0 aromatic heterocycles. The zero-order valence-electron chi connectivity index (χ0n) is 11.4. The number of benzene rings is 1. The van der Waals surface area contributed by atoms with Gasteiger partial charge in [-0.3, -0.25) is 4.79 Å². The third-order valence-electron chi connectivity index (χ3n) is 2.77. The Bertz CT molecular complexity index is 435. The summed E-state index contributed by atoms with van der Waals surface area (Å²) in [5, 5.41) is 12.1.